The molecule has 1 aliphatic heterocycles. The van der Waals surface area contributed by atoms with Crippen LogP contribution in [0.25, 0.3) is 0 Å². The Kier molecular flexibility index (Phi) is 2.60. The molecule has 1 N–H and O–H groups in total. The molecular weight excluding hydrogens is 194 g/mol. The van der Waals surface area contributed by atoms with Crippen LogP contribution in [0.1, 0.15) is 15.9 Å². The fourth-order valence-corrected chi connectivity index (χ4v) is 1.59. The van der Waals surface area contributed by atoms with Crippen molar-refractivity contribution >= 4 is 5.91 Å². The second-order valence-electron chi connectivity index (χ2n) is 3.57. The number of fused-ring (bicyclic) bond motifs is 1. The third-order valence-corrected chi connectivity index (χ3v) is 2.40. The lowest BCUT2D eigenvalue weighted by Crippen LogP contribution is -2.40. The predicted molar refractivity (Wildman–Crippen MR) is 54.8 cm³/mol. The van der Waals surface area contributed by atoms with Crippen molar-refractivity contribution in [1.29, 1.82) is 0 Å². The molecule has 0 unspecified atom stereocenters. The van der Waals surface area contributed by atoms with Crippen molar-refractivity contribution in [2.45, 2.75) is 6.92 Å². The second kappa shape index (κ2) is 3.90. The minimum atomic E-state index is -0.0784. The molecule has 4 heteroatoms. The van der Waals surface area contributed by atoms with Crippen LogP contribution < -0.4 is 4.74 Å². The number of β-amino-alcohol motifs (C(OH)–C–C–N with tert-alkyl or cyclic N) is 1. The van der Waals surface area contributed by atoms with Gasteiger partial charge in [0.15, 0.2) is 6.73 Å². The highest BCUT2D eigenvalue weighted by molar-refractivity contribution is 5.97. The van der Waals surface area contributed by atoms with Gasteiger partial charge in [-0.25, -0.2) is 0 Å². The molecule has 0 bridgehead atoms. The summed E-state index contributed by atoms with van der Waals surface area (Å²) < 4.78 is 5.43. The molecule has 80 valence electrons. The molecule has 0 saturated carbocycles. The third-order valence-electron chi connectivity index (χ3n) is 2.40. The van der Waals surface area contributed by atoms with Crippen molar-refractivity contribution in [2.75, 3.05) is 19.9 Å². The molecule has 0 aliphatic carbocycles. The van der Waals surface area contributed by atoms with Gasteiger partial charge in [-0.15, -0.1) is 0 Å². The number of amides is 1. The smallest absolute Gasteiger partial charge is 0.260 e. The lowest BCUT2D eigenvalue weighted by molar-refractivity contribution is 0.0469. The average molecular weight is 207 g/mol. The number of benzene rings is 1. The van der Waals surface area contributed by atoms with Crippen molar-refractivity contribution < 1.29 is 14.6 Å². The fraction of sp³-hybridized carbons (Fsp3) is 0.364. The molecule has 1 aromatic rings. The average Bonchev–Trinajstić information content (AvgIpc) is 2.22. The van der Waals surface area contributed by atoms with Crippen LogP contribution in [0.2, 0.25) is 0 Å². The van der Waals surface area contributed by atoms with Gasteiger partial charge in [-0.2, -0.15) is 0 Å². The van der Waals surface area contributed by atoms with E-state index in [1.54, 1.807) is 6.07 Å². The highest BCUT2D eigenvalue weighted by Gasteiger charge is 2.24. The van der Waals surface area contributed by atoms with Gasteiger partial charge < -0.3 is 14.7 Å². The van der Waals surface area contributed by atoms with E-state index in [-0.39, 0.29) is 19.2 Å². The van der Waals surface area contributed by atoms with E-state index < -0.39 is 0 Å². The predicted octanol–water partition coefficient (Wildman–Crippen LogP) is 0.779. The van der Waals surface area contributed by atoms with Crippen LogP contribution in [-0.2, 0) is 0 Å². The number of aliphatic hydroxyl groups excluding tert-OH is 1. The normalized spacial score (nSPS) is 14.8. The lowest BCUT2D eigenvalue weighted by atomic mass is 10.1. The molecule has 1 aromatic carbocycles. The van der Waals surface area contributed by atoms with Gasteiger partial charge in [-0.1, -0.05) is 6.07 Å². The fourth-order valence-electron chi connectivity index (χ4n) is 1.59. The third kappa shape index (κ3) is 1.80. The van der Waals surface area contributed by atoms with Crippen LogP contribution >= 0.6 is 0 Å². The summed E-state index contributed by atoms with van der Waals surface area (Å²) in [6.45, 7) is 2.44. The molecule has 0 saturated heterocycles. The first kappa shape index (κ1) is 9.98. The first-order chi connectivity index (χ1) is 7.22. The largest absolute Gasteiger partial charge is 0.472 e. The van der Waals surface area contributed by atoms with E-state index >= 15 is 0 Å². The topological polar surface area (TPSA) is 49.8 Å². The first-order valence-corrected chi connectivity index (χ1v) is 4.86. The van der Waals surface area contributed by atoms with Crippen molar-refractivity contribution in [2.24, 2.45) is 0 Å². The number of hydrogen-bond acceptors (Lipinski definition) is 3. The maximum absolute atomic E-state index is 11.9. The molecule has 2 rings (SSSR count). The molecule has 4 nitrogen and oxygen atoms in total. The summed E-state index contributed by atoms with van der Waals surface area (Å²) in [6, 6.07) is 5.49. The summed E-state index contributed by atoms with van der Waals surface area (Å²) in [5.41, 5.74) is 1.64. The SMILES string of the molecule is Cc1ccc2c(c1)OCN(CCO)C2=O. The van der Waals surface area contributed by atoms with Gasteiger partial charge >= 0.3 is 0 Å². The van der Waals surface area contributed by atoms with Gasteiger partial charge in [0.2, 0.25) is 0 Å². The maximum atomic E-state index is 11.9. The Morgan fingerprint density at radius 2 is 2.33 bits per heavy atom. The van der Waals surface area contributed by atoms with E-state index in [1.165, 1.54) is 4.90 Å². The van der Waals surface area contributed by atoms with E-state index in [1.807, 2.05) is 19.1 Å². The number of carbonyl (C=O) groups excluding carboxylic acids is 1. The van der Waals surface area contributed by atoms with Gasteiger partial charge in [-0.3, -0.25) is 4.79 Å². The minimum absolute atomic E-state index is 0.0453. The van der Waals surface area contributed by atoms with Gasteiger partial charge in [0, 0.05) is 6.54 Å². The van der Waals surface area contributed by atoms with Crippen LogP contribution in [0.5, 0.6) is 5.75 Å². The zero-order chi connectivity index (χ0) is 10.8. The van der Waals surface area contributed by atoms with Gasteiger partial charge in [-0.05, 0) is 24.6 Å². The van der Waals surface area contributed by atoms with Crippen LogP contribution in [0.4, 0.5) is 0 Å². The van der Waals surface area contributed by atoms with Crippen LogP contribution in [-0.4, -0.2) is 35.8 Å². The standard InChI is InChI=1S/C11H13NO3/c1-8-2-3-9-10(6-8)15-7-12(4-5-13)11(9)14/h2-3,6,13H,4-5,7H2,1H3. The monoisotopic (exact) mass is 207 g/mol. The van der Waals surface area contributed by atoms with E-state index in [0.29, 0.717) is 17.9 Å². The molecular formula is C11H13NO3. The van der Waals surface area contributed by atoms with E-state index in [9.17, 15) is 4.79 Å². The van der Waals surface area contributed by atoms with Crippen molar-refractivity contribution in [1.82, 2.24) is 4.90 Å². The maximum Gasteiger partial charge on any atom is 0.260 e. The zero-order valence-electron chi connectivity index (χ0n) is 8.56. The van der Waals surface area contributed by atoms with Crippen molar-refractivity contribution in [3.8, 4) is 5.75 Å². The van der Waals surface area contributed by atoms with Crippen LogP contribution in [0, 0.1) is 6.92 Å². The molecule has 0 fully saturated rings. The number of hydrogen-bond donors (Lipinski definition) is 1. The van der Waals surface area contributed by atoms with Crippen molar-refractivity contribution in [3.63, 3.8) is 0 Å². The molecule has 15 heavy (non-hydrogen) atoms. The van der Waals surface area contributed by atoms with Crippen molar-refractivity contribution in [3.05, 3.63) is 29.3 Å². The molecule has 0 radical (unpaired) electrons. The Morgan fingerprint density at radius 1 is 1.53 bits per heavy atom. The summed E-state index contributed by atoms with van der Waals surface area (Å²) in [7, 11) is 0. The summed E-state index contributed by atoms with van der Waals surface area (Å²) in [5, 5.41) is 8.78. The van der Waals surface area contributed by atoms with Crippen LogP contribution in [0.3, 0.4) is 0 Å². The number of ether oxygens (including phenoxy) is 1. The Morgan fingerprint density at radius 3 is 3.07 bits per heavy atom. The van der Waals surface area contributed by atoms with Gasteiger partial charge in [0.05, 0.1) is 12.2 Å². The molecule has 1 heterocycles. The van der Waals surface area contributed by atoms with E-state index in [2.05, 4.69) is 0 Å². The Balaban J connectivity index is 2.30. The Hall–Kier alpha value is -1.55. The van der Waals surface area contributed by atoms with Crippen LogP contribution in [0.15, 0.2) is 18.2 Å². The number of nitrogens with zero attached hydrogens (tertiary/aromatic N) is 1. The summed E-state index contributed by atoms with van der Waals surface area (Å²) in [6.07, 6.45) is 0. The number of rotatable bonds is 2. The molecule has 0 spiro atoms. The number of carbonyl (C=O) groups is 1. The van der Waals surface area contributed by atoms with E-state index in [0.717, 1.165) is 5.56 Å². The lowest BCUT2D eigenvalue weighted by Gasteiger charge is -2.28. The van der Waals surface area contributed by atoms with Gasteiger partial charge in [0.25, 0.3) is 5.91 Å². The molecule has 1 amide bonds. The summed E-state index contributed by atoms with van der Waals surface area (Å²) in [4.78, 5) is 13.3. The number of aryl methyl sites for hydroxylation is 1. The first-order valence-electron chi connectivity index (χ1n) is 4.86. The minimum Gasteiger partial charge on any atom is -0.472 e. The Bertz CT molecular complexity index is 389. The Labute approximate surface area is 88.1 Å². The summed E-state index contributed by atoms with van der Waals surface area (Å²) in [5.74, 6) is 0.555. The van der Waals surface area contributed by atoms with Gasteiger partial charge in [0.1, 0.15) is 5.75 Å². The highest BCUT2D eigenvalue weighted by Crippen LogP contribution is 2.25. The summed E-state index contributed by atoms with van der Waals surface area (Å²) >= 11 is 0. The molecule has 1 aliphatic rings. The molecule has 0 atom stereocenters. The quantitative estimate of drug-likeness (QED) is 0.779. The second-order valence-corrected chi connectivity index (χ2v) is 3.57. The number of aliphatic hydroxyl groups is 1. The zero-order valence-corrected chi connectivity index (χ0v) is 8.56. The molecule has 0 aromatic heterocycles. The van der Waals surface area contributed by atoms with E-state index in [4.69, 9.17) is 9.84 Å². The highest BCUT2D eigenvalue weighted by atomic mass is 16.5.